The first-order chi connectivity index (χ1) is 23.2. The quantitative estimate of drug-likeness (QED) is 0.186. The Morgan fingerprint density at radius 1 is 0.792 bits per heavy atom. The van der Waals surface area contributed by atoms with Gasteiger partial charge in [0.25, 0.3) is 11.8 Å². The number of hydrazine groups is 1. The molecular weight excluding hydrogens is 626 g/mol. The second-order valence-electron chi connectivity index (χ2n) is 13.2. The first kappa shape index (κ1) is 30.1. The van der Waals surface area contributed by atoms with Gasteiger partial charge in [0.1, 0.15) is 5.75 Å². The first-order valence-electron chi connectivity index (χ1n) is 16.1. The molecule has 9 heteroatoms. The molecule has 4 aromatic carbocycles. The van der Waals surface area contributed by atoms with Crippen molar-refractivity contribution >= 4 is 46.6 Å². The molecule has 8 nitrogen and oxygen atoms in total. The van der Waals surface area contributed by atoms with Gasteiger partial charge >= 0.3 is 0 Å². The molecule has 1 saturated carbocycles. The van der Waals surface area contributed by atoms with E-state index in [1.807, 2.05) is 67.6 Å². The fourth-order valence-corrected chi connectivity index (χ4v) is 8.76. The molecule has 2 heterocycles. The monoisotopic (exact) mass is 657 g/mol. The number of carbonyl (C=O) groups is 4. The van der Waals surface area contributed by atoms with Crippen LogP contribution in [0.4, 0.5) is 11.4 Å². The zero-order valence-electron chi connectivity index (χ0n) is 26.0. The summed E-state index contributed by atoms with van der Waals surface area (Å²) in [7, 11) is 0. The molecule has 2 aliphatic carbocycles. The van der Waals surface area contributed by atoms with Crippen LogP contribution in [0.1, 0.15) is 35.4 Å². The van der Waals surface area contributed by atoms with E-state index in [2.05, 4.69) is 5.43 Å². The van der Waals surface area contributed by atoms with E-state index >= 15 is 4.79 Å². The molecule has 48 heavy (non-hydrogen) atoms. The van der Waals surface area contributed by atoms with Gasteiger partial charge in [-0.3, -0.25) is 29.5 Å². The van der Waals surface area contributed by atoms with Crippen LogP contribution in [0.3, 0.4) is 0 Å². The molecule has 0 radical (unpaired) electrons. The van der Waals surface area contributed by atoms with Crippen molar-refractivity contribution in [2.45, 2.75) is 31.1 Å². The Balaban J connectivity index is 1.30. The van der Waals surface area contributed by atoms with Crippen LogP contribution >= 0.6 is 11.6 Å². The Hall–Kier alpha value is -5.21. The van der Waals surface area contributed by atoms with E-state index in [9.17, 15) is 19.5 Å². The van der Waals surface area contributed by atoms with Crippen LogP contribution in [0.25, 0.3) is 0 Å². The number of aryl methyl sites for hydroxylation is 1. The largest absolute Gasteiger partial charge is 0.508 e. The SMILES string of the molecule is Cc1ccc(NN2C(=O)[C@@H]3C[C@@H]4C(=CC[C@@H]5C(=O)N(c6ccc(Cl)cc6)C(=O)[C@@H]54)[C@H](c4ccc(O)cc4)[C@]3(c3ccccc3)C2=O)cc1. The highest BCUT2D eigenvalue weighted by atomic mass is 35.5. The van der Waals surface area contributed by atoms with Crippen molar-refractivity contribution in [2.75, 3.05) is 10.3 Å². The number of aromatic hydroxyl groups is 1. The number of rotatable bonds is 5. The van der Waals surface area contributed by atoms with Gasteiger partial charge in [-0.2, -0.15) is 5.01 Å². The lowest BCUT2D eigenvalue weighted by Gasteiger charge is -2.50. The number of halogens is 1. The summed E-state index contributed by atoms with van der Waals surface area (Å²) in [6, 6.07) is 30.2. The predicted molar refractivity (Wildman–Crippen MR) is 181 cm³/mol. The van der Waals surface area contributed by atoms with Gasteiger partial charge in [0.15, 0.2) is 0 Å². The van der Waals surface area contributed by atoms with Crippen molar-refractivity contribution in [3.63, 3.8) is 0 Å². The molecule has 2 N–H and O–H groups in total. The number of nitrogens with zero attached hydrogens (tertiary/aromatic N) is 2. The smallest absolute Gasteiger partial charge is 0.260 e. The second-order valence-corrected chi connectivity index (χ2v) is 13.6. The molecule has 0 unspecified atom stereocenters. The topological polar surface area (TPSA) is 107 Å². The Labute approximate surface area is 282 Å². The maximum atomic E-state index is 15.1. The highest BCUT2D eigenvalue weighted by Crippen LogP contribution is 2.64. The zero-order valence-corrected chi connectivity index (χ0v) is 26.8. The Bertz CT molecular complexity index is 1990. The normalized spacial score (nSPS) is 27.8. The van der Waals surface area contributed by atoms with Crippen molar-refractivity contribution in [2.24, 2.45) is 23.7 Å². The molecule has 0 bridgehead atoms. The summed E-state index contributed by atoms with van der Waals surface area (Å²) in [6.45, 7) is 1.96. The Kier molecular flexibility index (Phi) is 7.03. The number of nitrogens with one attached hydrogen (secondary N) is 1. The van der Waals surface area contributed by atoms with Crippen LogP contribution < -0.4 is 10.3 Å². The molecule has 4 amide bonds. The Morgan fingerprint density at radius 3 is 2.17 bits per heavy atom. The van der Waals surface area contributed by atoms with E-state index < -0.39 is 35.0 Å². The lowest BCUT2D eigenvalue weighted by atomic mass is 9.49. The van der Waals surface area contributed by atoms with E-state index in [4.69, 9.17) is 11.6 Å². The maximum Gasteiger partial charge on any atom is 0.260 e. The predicted octanol–water partition coefficient (Wildman–Crippen LogP) is 6.54. The van der Waals surface area contributed by atoms with Gasteiger partial charge in [-0.05, 0) is 85.3 Å². The van der Waals surface area contributed by atoms with E-state index in [-0.39, 0.29) is 35.8 Å². The van der Waals surface area contributed by atoms with Crippen molar-refractivity contribution in [3.05, 3.63) is 136 Å². The first-order valence-corrected chi connectivity index (χ1v) is 16.5. The van der Waals surface area contributed by atoms with Gasteiger partial charge in [0.2, 0.25) is 11.8 Å². The molecule has 0 aromatic heterocycles. The number of phenolic OH excluding ortho intramolecular Hbond substituents is 1. The molecule has 8 rings (SSSR count). The number of imide groups is 2. The Morgan fingerprint density at radius 2 is 1.48 bits per heavy atom. The second kappa shape index (κ2) is 11.2. The van der Waals surface area contributed by atoms with Gasteiger partial charge in [-0.25, -0.2) is 0 Å². The number of fused-ring (bicyclic) bond motifs is 4. The van der Waals surface area contributed by atoms with Gasteiger partial charge in [0.05, 0.1) is 34.5 Å². The average Bonchev–Trinajstić information content (AvgIpc) is 3.48. The summed E-state index contributed by atoms with van der Waals surface area (Å²) in [5.74, 6) is -4.58. The summed E-state index contributed by atoms with van der Waals surface area (Å²) in [5.41, 5.74) is 6.13. The molecule has 3 fully saturated rings. The molecule has 6 atom stereocenters. The average molecular weight is 658 g/mol. The lowest BCUT2D eigenvalue weighted by Crippen LogP contribution is -2.53. The van der Waals surface area contributed by atoms with Gasteiger partial charge in [0, 0.05) is 10.9 Å². The molecule has 240 valence electrons. The van der Waals surface area contributed by atoms with Gasteiger partial charge < -0.3 is 5.11 Å². The third-order valence-corrected chi connectivity index (χ3v) is 11.0. The van der Waals surface area contributed by atoms with Crippen LogP contribution in [0, 0.1) is 30.6 Å². The summed E-state index contributed by atoms with van der Waals surface area (Å²) in [6.07, 6.45) is 2.55. The van der Waals surface area contributed by atoms with Crippen molar-refractivity contribution in [1.82, 2.24) is 5.01 Å². The third kappa shape index (κ3) is 4.35. The fraction of sp³-hybridized carbons (Fsp3) is 0.231. The van der Waals surface area contributed by atoms with Crippen LogP contribution in [-0.2, 0) is 24.6 Å². The van der Waals surface area contributed by atoms with Crippen molar-refractivity contribution in [3.8, 4) is 5.75 Å². The molecule has 2 saturated heterocycles. The number of allylic oxidation sites excluding steroid dienone is 2. The minimum absolute atomic E-state index is 0.0702. The van der Waals surface area contributed by atoms with Crippen LogP contribution in [-0.4, -0.2) is 33.7 Å². The van der Waals surface area contributed by atoms with Crippen molar-refractivity contribution < 1.29 is 24.3 Å². The molecule has 2 aliphatic heterocycles. The number of hydrogen-bond donors (Lipinski definition) is 2. The van der Waals surface area contributed by atoms with E-state index in [1.54, 1.807) is 48.5 Å². The van der Waals surface area contributed by atoms with Crippen LogP contribution in [0.15, 0.2) is 115 Å². The number of carbonyl (C=O) groups excluding carboxylic acids is 4. The minimum Gasteiger partial charge on any atom is -0.508 e. The summed E-state index contributed by atoms with van der Waals surface area (Å²) in [4.78, 5) is 59.2. The van der Waals surface area contributed by atoms with Crippen LogP contribution in [0.5, 0.6) is 5.75 Å². The standard InChI is InChI=1S/C39H32ClN3O5/c1-22-7-13-26(14-8-22)41-43-36(46)32-21-31-29(19-20-30-33(31)37(47)42(35(30)45)27-15-11-25(40)12-16-27)34(23-9-17-28(44)18-10-23)39(32,38(43)48)24-5-3-2-4-6-24/h2-19,30-34,41,44H,20-21H2,1H3/t30-,31+,32-,33-,34-,39+/m0/s1. The lowest BCUT2D eigenvalue weighted by molar-refractivity contribution is -0.138. The number of amides is 4. The molecule has 4 aromatic rings. The molecular formula is C39H32ClN3O5. The number of anilines is 2. The number of hydrogen-bond acceptors (Lipinski definition) is 6. The van der Waals surface area contributed by atoms with E-state index in [1.165, 1.54) is 4.90 Å². The zero-order chi connectivity index (χ0) is 33.3. The molecule has 4 aliphatic rings. The fourth-order valence-electron chi connectivity index (χ4n) is 8.63. The minimum atomic E-state index is -1.36. The molecule has 0 spiro atoms. The maximum absolute atomic E-state index is 15.1. The van der Waals surface area contributed by atoms with Crippen LogP contribution in [0.2, 0.25) is 5.02 Å². The summed E-state index contributed by atoms with van der Waals surface area (Å²) >= 11 is 6.12. The number of phenols is 1. The van der Waals surface area contributed by atoms with E-state index in [0.29, 0.717) is 28.4 Å². The van der Waals surface area contributed by atoms with Gasteiger partial charge in [-0.1, -0.05) is 83.4 Å². The number of benzene rings is 4. The third-order valence-electron chi connectivity index (χ3n) is 10.7. The highest BCUT2D eigenvalue weighted by molar-refractivity contribution is 6.31. The summed E-state index contributed by atoms with van der Waals surface area (Å²) in [5, 5.41) is 11.9. The van der Waals surface area contributed by atoms with E-state index in [0.717, 1.165) is 21.7 Å². The summed E-state index contributed by atoms with van der Waals surface area (Å²) < 4.78 is 0. The van der Waals surface area contributed by atoms with Gasteiger partial charge in [-0.15, -0.1) is 0 Å². The van der Waals surface area contributed by atoms with Crippen molar-refractivity contribution in [1.29, 1.82) is 0 Å². The highest BCUT2D eigenvalue weighted by Gasteiger charge is 2.70.